The number of hydrogen-bond acceptors (Lipinski definition) is 6. The van der Waals surface area contributed by atoms with E-state index in [-0.39, 0.29) is 0 Å². The topological polar surface area (TPSA) is 63.5 Å². The van der Waals surface area contributed by atoms with Crippen molar-refractivity contribution in [2.45, 2.75) is 45.5 Å². The molecule has 0 bridgehead atoms. The third kappa shape index (κ3) is 3.39. The summed E-state index contributed by atoms with van der Waals surface area (Å²) in [4.78, 5) is 8.48. The van der Waals surface area contributed by atoms with Gasteiger partial charge in [0.05, 0.1) is 11.3 Å². The maximum absolute atomic E-state index is 15.1. The lowest BCUT2D eigenvalue weighted by molar-refractivity contribution is 0.143. The van der Waals surface area contributed by atoms with E-state index in [1.807, 2.05) is 22.8 Å². The summed E-state index contributed by atoms with van der Waals surface area (Å²) in [7, 11) is 0. The predicted molar refractivity (Wildman–Crippen MR) is 121 cm³/mol. The van der Waals surface area contributed by atoms with Gasteiger partial charge < -0.3 is 10.0 Å². The van der Waals surface area contributed by atoms with Gasteiger partial charge in [-0.3, -0.25) is 10.3 Å². The molecular weight excluding hydrogens is 412 g/mol. The first kappa shape index (κ1) is 20.5. The lowest BCUT2D eigenvalue weighted by atomic mass is 9.94. The summed E-state index contributed by atoms with van der Waals surface area (Å²) in [6, 6.07) is 7.73. The Morgan fingerprint density at radius 1 is 1.22 bits per heavy atom. The first-order valence-electron chi connectivity index (χ1n) is 10.5. The van der Waals surface area contributed by atoms with Gasteiger partial charge in [-0.05, 0) is 63.4 Å². The molecule has 32 heavy (non-hydrogen) atoms. The molecule has 2 aromatic rings. The summed E-state index contributed by atoms with van der Waals surface area (Å²) >= 11 is 0. The Balaban J connectivity index is 1.67. The second kappa shape index (κ2) is 7.31. The predicted octanol–water partition coefficient (Wildman–Crippen LogP) is 3.33. The average Bonchev–Trinajstić information content (AvgIpc) is 3.11. The molecule has 1 unspecified atom stereocenters. The van der Waals surface area contributed by atoms with Gasteiger partial charge in [0.15, 0.2) is 0 Å². The SMILES string of the molecule is CC1=NNC2N=C(N3CCCc4c(C#CC(C)(C)O)cc(F)cc43)c3c(F)cccc3N12. The van der Waals surface area contributed by atoms with Gasteiger partial charge >= 0.3 is 0 Å². The van der Waals surface area contributed by atoms with Gasteiger partial charge in [-0.1, -0.05) is 17.9 Å². The number of fused-ring (bicyclic) bond motifs is 4. The van der Waals surface area contributed by atoms with Crippen molar-refractivity contribution in [3.8, 4) is 11.8 Å². The van der Waals surface area contributed by atoms with Crippen LogP contribution in [0.1, 0.15) is 43.9 Å². The minimum atomic E-state index is -1.20. The maximum Gasteiger partial charge on any atom is 0.218 e. The van der Waals surface area contributed by atoms with Crippen molar-refractivity contribution in [3.63, 3.8) is 0 Å². The van der Waals surface area contributed by atoms with E-state index < -0.39 is 23.5 Å². The molecule has 0 saturated carbocycles. The summed E-state index contributed by atoms with van der Waals surface area (Å²) in [6.07, 6.45) is 0.985. The number of benzene rings is 2. The molecular formula is C24H23F2N5O. The van der Waals surface area contributed by atoms with Crippen LogP contribution in [-0.4, -0.2) is 35.2 Å². The highest BCUT2D eigenvalue weighted by Gasteiger charge is 2.38. The number of hydrazone groups is 1. The molecule has 6 nitrogen and oxygen atoms in total. The van der Waals surface area contributed by atoms with Gasteiger partial charge in [0.1, 0.15) is 28.9 Å². The fourth-order valence-corrected chi connectivity index (χ4v) is 4.36. The van der Waals surface area contributed by atoms with Crippen LogP contribution in [0.25, 0.3) is 0 Å². The zero-order valence-electron chi connectivity index (χ0n) is 18.1. The van der Waals surface area contributed by atoms with Crippen LogP contribution >= 0.6 is 0 Å². The van der Waals surface area contributed by atoms with Gasteiger partial charge in [0.2, 0.25) is 6.29 Å². The number of halogens is 2. The Morgan fingerprint density at radius 2 is 2.03 bits per heavy atom. The minimum Gasteiger partial charge on any atom is -0.378 e. The molecule has 3 aliphatic heterocycles. The molecule has 8 heteroatoms. The second-order valence-electron chi connectivity index (χ2n) is 8.63. The summed E-state index contributed by atoms with van der Waals surface area (Å²) in [6.45, 7) is 5.56. The molecule has 2 N–H and O–H groups in total. The Hall–Kier alpha value is -3.44. The number of amidine groups is 2. The van der Waals surface area contributed by atoms with Crippen molar-refractivity contribution >= 4 is 23.0 Å². The van der Waals surface area contributed by atoms with Gasteiger partial charge in [-0.15, -0.1) is 0 Å². The third-order valence-corrected chi connectivity index (χ3v) is 5.70. The summed E-state index contributed by atoms with van der Waals surface area (Å²) in [5.41, 5.74) is 4.82. The van der Waals surface area contributed by atoms with E-state index in [4.69, 9.17) is 4.99 Å². The molecule has 0 saturated heterocycles. The van der Waals surface area contributed by atoms with E-state index in [0.717, 1.165) is 12.0 Å². The molecule has 5 rings (SSSR count). The zero-order chi connectivity index (χ0) is 22.6. The van der Waals surface area contributed by atoms with Crippen LogP contribution in [0.4, 0.5) is 20.2 Å². The van der Waals surface area contributed by atoms with E-state index in [9.17, 15) is 9.50 Å². The zero-order valence-corrected chi connectivity index (χ0v) is 18.1. The second-order valence-corrected chi connectivity index (χ2v) is 8.63. The smallest absolute Gasteiger partial charge is 0.218 e. The average molecular weight is 435 g/mol. The number of aliphatic imine (C=N–C) groups is 1. The summed E-state index contributed by atoms with van der Waals surface area (Å²) in [5, 5.41) is 14.2. The monoisotopic (exact) mass is 435 g/mol. The number of anilines is 2. The molecule has 0 fully saturated rings. The van der Waals surface area contributed by atoms with Crippen LogP contribution in [0.5, 0.6) is 0 Å². The van der Waals surface area contributed by atoms with Crippen molar-refractivity contribution < 1.29 is 13.9 Å². The molecule has 3 aliphatic rings. The lowest BCUT2D eigenvalue weighted by Crippen LogP contribution is -2.47. The van der Waals surface area contributed by atoms with Crippen molar-refractivity contribution in [2.24, 2.45) is 10.1 Å². The van der Waals surface area contributed by atoms with E-state index in [2.05, 4.69) is 22.4 Å². The molecule has 3 heterocycles. The largest absolute Gasteiger partial charge is 0.378 e. The molecule has 0 amide bonds. The van der Waals surface area contributed by atoms with Gasteiger partial charge in [-0.25, -0.2) is 13.8 Å². The lowest BCUT2D eigenvalue weighted by Gasteiger charge is -2.38. The summed E-state index contributed by atoms with van der Waals surface area (Å²) in [5.74, 6) is 5.99. The van der Waals surface area contributed by atoms with E-state index in [1.54, 1.807) is 19.9 Å². The Kier molecular flexibility index (Phi) is 4.68. The quantitative estimate of drug-likeness (QED) is 0.624. The van der Waals surface area contributed by atoms with Crippen LogP contribution in [0, 0.1) is 23.5 Å². The molecule has 1 atom stereocenters. The molecule has 0 aromatic heterocycles. The van der Waals surface area contributed by atoms with Crippen molar-refractivity contribution in [1.82, 2.24) is 5.43 Å². The van der Waals surface area contributed by atoms with Crippen molar-refractivity contribution in [1.29, 1.82) is 0 Å². The number of nitrogens with zero attached hydrogens (tertiary/aromatic N) is 4. The van der Waals surface area contributed by atoms with Gasteiger partial charge in [-0.2, -0.15) is 5.10 Å². The van der Waals surface area contributed by atoms with Crippen LogP contribution in [0.3, 0.4) is 0 Å². The minimum absolute atomic E-state index is 0.364. The van der Waals surface area contributed by atoms with Crippen LogP contribution < -0.4 is 15.2 Å². The Bertz CT molecular complexity index is 1240. The number of nitrogens with one attached hydrogen (secondary N) is 1. The van der Waals surface area contributed by atoms with Crippen LogP contribution in [0.2, 0.25) is 0 Å². The molecule has 0 aliphatic carbocycles. The van der Waals surface area contributed by atoms with Crippen LogP contribution in [0.15, 0.2) is 40.4 Å². The first-order chi connectivity index (χ1) is 15.2. The maximum atomic E-state index is 15.1. The highest BCUT2D eigenvalue weighted by Crippen LogP contribution is 2.38. The summed E-state index contributed by atoms with van der Waals surface area (Å²) < 4.78 is 29.8. The first-order valence-corrected chi connectivity index (χ1v) is 10.5. The Labute approximate surface area is 185 Å². The standard InChI is InChI=1S/C24H23F2N5O/c1-14-28-29-23-27-22(21-18(26)7-4-8-19(21)31(14)23)30-11-5-6-17-15(9-10-24(2,3)32)12-16(25)13-20(17)30/h4,7-8,12-13,23,29,32H,5-6,11H2,1-3H3. The highest BCUT2D eigenvalue weighted by molar-refractivity contribution is 6.17. The molecule has 0 radical (unpaired) electrons. The van der Waals surface area contributed by atoms with Gasteiger partial charge in [0.25, 0.3) is 0 Å². The number of aliphatic hydroxyl groups is 1. The van der Waals surface area contributed by atoms with Crippen molar-refractivity contribution in [2.75, 3.05) is 16.3 Å². The fraction of sp³-hybridized carbons (Fsp3) is 0.333. The fourth-order valence-electron chi connectivity index (χ4n) is 4.36. The third-order valence-electron chi connectivity index (χ3n) is 5.70. The molecule has 2 aromatic carbocycles. The van der Waals surface area contributed by atoms with E-state index >= 15 is 4.39 Å². The molecule has 0 spiro atoms. The number of rotatable bonds is 0. The normalized spacial score (nSPS) is 19.1. The van der Waals surface area contributed by atoms with E-state index in [1.165, 1.54) is 18.2 Å². The molecule has 164 valence electrons. The van der Waals surface area contributed by atoms with Crippen molar-refractivity contribution in [3.05, 3.63) is 58.7 Å². The van der Waals surface area contributed by atoms with Gasteiger partial charge in [0, 0.05) is 17.8 Å². The Morgan fingerprint density at radius 3 is 2.81 bits per heavy atom. The van der Waals surface area contributed by atoms with Crippen LogP contribution in [-0.2, 0) is 6.42 Å². The highest BCUT2D eigenvalue weighted by atomic mass is 19.1. The van der Waals surface area contributed by atoms with E-state index in [0.29, 0.717) is 47.1 Å². The number of hydrogen-bond donors (Lipinski definition) is 2.